The van der Waals surface area contributed by atoms with Crippen molar-refractivity contribution < 1.29 is 28.5 Å². The Morgan fingerprint density at radius 3 is 2.48 bits per heavy atom. The van der Waals surface area contributed by atoms with Gasteiger partial charge in [-0.25, -0.2) is 9.79 Å². The molecule has 9 nitrogen and oxygen atoms in total. The highest BCUT2D eigenvalue weighted by molar-refractivity contribution is 7.07. The van der Waals surface area contributed by atoms with Crippen LogP contribution in [0.25, 0.3) is 6.08 Å². The van der Waals surface area contributed by atoms with Crippen molar-refractivity contribution in [3.05, 3.63) is 84.5 Å². The summed E-state index contributed by atoms with van der Waals surface area (Å²) < 4.78 is 23.8. The molecule has 0 bridgehead atoms. The molecule has 0 amide bonds. The van der Waals surface area contributed by atoms with E-state index in [0.29, 0.717) is 27.2 Å². The molecule has 1 atom stereocenters. The van der Waals surface area contributed by atoms with E-state index in [4.69, 9.17) is 18.9 Å². The zero-order chi connectivity index (χ0) is 29.0. The van der Waals surface area contributed by atoms with Crippen molar-refractivity contribution in [3.63, 3.8) is 0 Å². The lowest BCUT2D eigenvalue weighted by atomic mass is 9.95. The molecule has 0 fully saturated rings. The smallest absolute Gasteiger partial charge is 0.338 e. The Bertz CT molecular complexity index is 1630. The molecule has 40 heavy (non-hydrogen) atoms. The minimum atomic E-state index is -0.835. The number of carbonyl (C=O) groups is 2. The average molecular weight is 565 g/mol. The zero-order valence-electron chi connectivity index (χ0n) is 23.3. The predicted molar refractivity (Wildman–Crippen MR) is 151 cm³/mol. The van der Waals surface area contributed by atoms with E-state index in [0.717, 1.165) is 11.3 Å². The monoisotopic (exact) mass is 564 g/mol. The van der Waals surface area contributed by atoms with E-state index < -0.39 is 18.0 Å². The molecule has 1 aliphatic heterocycles. The summed E-state index contributed by atoms with van der Waals surface area (Å²) in [4.78, 5) is 43.9. The maximum Gasteiger partial charge on any atom is 0.338 e. The van der Waals surface area contributed by atoms with Gasteiger partial charge in [0.15, 0.2) is 16.3 Å². The van der Waals surface area contributed by atoms with Gasteiger partial charge in [-0.05, 0) is 61.2 Å². The fourth-order valence-corrected chi connectivity index (χ4v) is 5.34. The van der Waals surface area contributed by atoms with Crippen molar-refractivity contribution in [1.82, 2.24) is 4.57 Å². The van der Waals surface area contributed by atoms with Gasteiger partial charge < -0.3 is 18.9 Å². The molecule has 3 aromatic rings. The molecule has 210 valence electrons. The number of rotatable bonds is 9. The van der Waals surface area contributed by atoms with Crippen LogP contribution in [0.5, 0.6) is 17.2 Å². The van der Waals surface area contributed by atoms with E-state index in [1.807, 2.05) is 45.0 Å². The second kappa shape index (κ2) is 12.3. The Morgan fingerprint density at radius 1 is 1.12 bits per heavy atom. The van der Waals surface area contributed by atoms with Crippen molar-refractivity contribution in [2.24, 2.45) is 10.9 Å². The Hall–Kier alpha value is -4.18. The topological polar surface area (TPSA) is 105 Å². The van der Waals surface area contributed by atoms with Gasteiger partial charge in [-0.3, -0.25) is 14.2 Å². The van der Waals surface area contributed by atoms with Gasteiger partial charge in [-0.1, -0.05) is 43.4 Å². The number of ether oxygens (including phenoxy) is 4. The van der Waals surface area contributed by atoms with E-state index in [-0.39, 0.29) is 35.2 Å². The standard InChI is InChI=1S/C30H32N2O7S/c1-7-37-22-11-8-20(9-12-22)14-25-28(34)32-27(21-10-13-23(39-19(5)33)24(15-21)36-6)26(18(4)31-30(32)40-25)29(35)38-16-17(2)3/h8-15,17,27H,7,16H2,1-6H3/b25-14+/t27-/m0/s1. The van der Waals surface area contributed by atoms with Crippen LogP contribution in [0.1, 0.15) is 51.8 Å². The first-order valence-corrected chi connectivity index (χ1v) is 13.7. The van der Waals surface area contributed by atoms with Gasteiger partial charge >= 0.3 is 11.9 Å². The fourth-order valence-electron chi connectivity index (χ4n) is 4.29. The minimum absolute atomic E-state index is 0.127. The number of methoxy groups -OCH3 is 1. The summed E-state index contributed by atoms with van der Waals surface area (Å²) >= 11 is 1.24. The first-order valence-electron chi connectivity index (χ1n) is 12.9. The van der Waals surface area contributed by atoms with Crippen LogP contribution in [0.4, 0.5) is 0 Å². The first kappa shape index (κ1) is 28.8. The maximum absolute atomic E-state index is 13.9. The van der Waals surface area contributed by atoms with Crippen LogP contribution in [-0.2, 0) is 14.3 Å². The zero-order valence-corrected chi connectivity index (χ0v) is 24.2. The fraction of sp³-hybridized carbons (Fsp3) is 0.333. The molecule has 1 aliphatic rings. The van der Waals surface area contributed by atoms with Gasteiger partial charge in [-0.15, -0.1) is 0 Å². The molecular formula is C30H32N2O7S. The van der Waals surface area contributed by atoms with Gasteiger partial charge in [-0.2, -0.15) is 0 Å². The number of allylic oxidation sites excluding steroid dienone is 1. The lowest BCUT2D eigenvalue weighted by Gasteiger charge is -2.25. The van der Waals surface area contributed by atoms with E-state index in [9.17, 15) is 14.4 Å². The summed E-state index contributed by atoms with van der Waals surface area (Å²) in [6, 6.07) is 11.5. The van der Waals surface area contributed by atoms with E-state index in [1.165, 1.54) is 29.9 Å². The third-order valence-electron chi connectivity index (χ3n) is 6.04. The molecule has 0 spiro atoms. The Labute approximate surface area is 236 Å². The molecule has 0 aliphatic carbocycles. The molecular weight excluding hydrogens is 532 g/mol. The van der Waals surface area contributed by atoms with Gasteiger partial charge in [0.05, 0.1) is 42.2 Å². The average Bonchev–Trinajstić information content (AvgIpc) is 3.21. The van der Waals surface area contributed by atoms with Crippen LogP contribution in [0, 0.1) is 5.92 Å². The maximum atomic E-state index is 13.9. The Kier molecular flexibility index (Phi) is 8.89. The number of esters is 2. The molecule has 0 saturated carbocycles. The molecule has 0 unspecified atom stereocenters. The number of fused-ring (bicyclic) bond motifs is 1. The molecule has 0 N–H and O–H groups in total. The van der Waals surface area contributed by atoms with Crippen LogP contribution in [0.2, 0.25) is 0 Å². The Morgan fingerprint density at radius 2 is 1.85 bits per heavy atom. The summed E-state index contributed by atoms with van der Waals surface area (Å²) in [6.07, 6.45) is 1.79. The van der Waals surface area contributed by atoms with Crippen LogP contribution >= 0.6 is 11.3 Å². The van der Waals surface area contributed by atoms with Crippen molar-refractivity contribution in [2.75, 3.05) is 20.3 Å². The van der Waals surface area contributed by atoms with Gasteiger partial charge in [0.1, 0.15) is 5.75 Å². The predicted octanol–water partition coefficient (Wildman–Crippen LogP) is 3.77. The number of aromatic nitrogens is 1. The number of carbonyl (C=O) groups excluding carboxylic acids is 2. The quantitative estimate of drug-likeness (QED) is 0.288. The SMILES string of the molecule is CCOc1ccc(/C=c2/sc3n(c2=O)[C@@H](c2ccc(OC(C)=O)c(OC)c2)C(C(=O)OCC(C)C)=C(C)N=3)cc1. The number of hydrogen-bond donors (Lipinski definition) is 0. The summed E-state index contributed by atoms with van der Waals surface area (Å²) in [6.45, 7) is 9.61. The highest BCUT2D eigenvalue weighted by Crippen LogP contribution is 2.36. The summed E-state index contributed by atoms with van der Waals surface area (Å²) in [5.74, 6) is 0.333. The first-order chi connectivity index (χ1) is 19.1. The lowest BCUT2D eigenvalue weighted by molar-refractivity contribution is -0.140. The van der Waals surface area contributed by atoms with E-state index in [1.54, 1.807) is 31.2 Å². The van der Waals surface area contributed by atoms with Gasteiger partial charge in [0.2, 0.25) is 0 Å². The molecule has 1 aromatic heterocycles. The third-order valence-corrected chi connectivity index (χ3v) is 7.02. The van der Waals surface area contributed by atoms with Crippen LogP contribution in [0.15, 0.2) is 63.5 Å². The van der Waals surface area contributed by atoms with Crippen LogP contribution in [-0.4, -0.2) is 36.8 Å². The van der Waals surface area contributed by atoms with Gasteiger partial charge in [0.25, 0.3) is 5.56 Å². The number of benzene rings is 2. The lowest BCUT2D eigenvalue weighted by Crippen LogP contribution is -2.40. The normalized spacial score (nSPS) is 15.0. The molecule has 2 aromatic carbocycles. The largest absolute Gasteiger partial charge is 0.494 e. The number of thiazole rings is 1. The second-order valence-corrected chi connectivity index (χ2v) is 10.6. The third kappa shape index (κ3) is 6.17. The van der Waals surface area contributed by atoms with Crippen molar-refractivity contribution in [1.29, 1.82) is 0 Å². The van der Waals surface area contributed by atoms with Crippen molar-refractivity contribution in [2.45, 2.75) is 40.7 Å². The molecule has 2 heterocycles. The Balaban J connectivity index is 1.88. The van der Waals surface area contributed by atoms with Crippen LogP contribution in [0.3, 0.4) is 0 Å². The van der Waals surface area contributed by atoms with Crippen LogP contribution < -0.4 is 29.1 Å². The molecule has 0 radical (unpaired) electrons. The highest BCUT2D eigenvalue weighted by Gasteiger charge is 2.34. The summed E-state index contributed by atoms with van der Waals surface area (Å²) in [5.41, 5.74) is 1.81. The molecule has 10 heteroatoms. The van der Waals surface area contributed by atoms with Gasteiger partial charge in [0, 0.05) is 6.92 Å². The van der Waals surface area contributed by atoms with E-state index >= 15 is 0 Å². The van der Waals surface area contributed by atoms with E-state index in [2.05, 4.69) is 4.99 Å². The number of nitrogens with zero attached hydrogens (tertiary/aromatic N) is 2. The molecule has 0 saturated heterocycles. The number of hydrogen-bond acceptors (Lipinski definition) is 9. The highest BCUT2D eigenvalue weighted by atomic mass is 32.1. The van der Waals surface area contributed by atoms with Crippen molar-refractivity contribution in [3.8, 4) is 17.2 Å². The summed E-state index contributed by atoms with van der Waals surface area (Å²) in [7, 11) is 1.45. The second-order valence-electron chi connectivity index (χ2n) is 9.58. The van der Waals surface area contributed by atoms with Crippen molar-refractivity contribution >= 4 is 29.4 Å². The molecule has 4 rings (SSSR count). The summed E-state index contributed by atoms with van der Waals surface area (Å²) in [5, 5.41) is 0. The minimum Gasteiger partial charge on any atom is -0.494 e.